The van der Waals surface area contributed by atoms with E-state index in [4.69, 9.17) is 0 Å². The molecule has 0 unspecified atom stereocenters. The van der Waals surface area contributed by atoms with Crippen LogP contribution in [0.1, 0.15) is 27.2 Å². The molecule has 1 rings (SSSR count). The molecule has 3 nitrogen and oxygen atoms in total. The number of likely N-dealkylation sites (N-methyl/N-ethyl adjacent to an activating group) is 1. The number of nitrogens with one attached hydrogen (secondary N) is 1. The predicted molar refractivity (Wildman–Crippen MR) is 69.2 cm³/mol. The summed E-state index contributed by atoms with van der Waals surface area (Å²) in [5, 5.41) is 2.81. The summed E-state index contributed by atoms with van der Waals surface area (Å²) in [6.45, 7) is 10.4. The molecular formula is C13H22N2O. The Bertz CT molecular complexity index is 303. The summed E-state index contributed by atoms with van der Waals surface area (Å²) in [5.74, 6) is 0. The highest BCUT2D eigenvalue weighted by molar-refractivity contribution is 5.79. The summed E-state index contributed by atoms with van der Waals surface area (Å²) in [7, 11) is 1.78. The van der Waals surface area contributed by atoms with Gasteiger partial charge in [-0.15, -0.1) is 0 Å². The maximum atomic E-state index is 11.3. The Labute approximate surface area is 98.5 Å². The summed E-state index contributed by atoms with van der Waals surface area (Å²) in [6.07, 6.45) is 6.59. The van der Waals surface area contributed by atoms with Crippen molar-refractivity contribution in [1.82, 2.24) is 10.2 Å². The molecule has 0 bridgehead atoms. The first-order chi connectivity index (χ1) is 7.69. The first-order valence-electron chi connectivity index (χ1n) is 5.73. The van der Waals surface area contributed by atoms with Crippen LogP contribution in [0.3, 0.4) is 0 Å². The summed E-state index contributed by atoms with van der Waals surface area (Å²) in [5.41, 5.74) is 2.01. The lowest BCUT2D eigenvalue weighted by atomic mass is 10.1. The Morgan fingerprint density at radius 2 is 2.12 bits per heavy atom. The van der Waals surface area contributed by atoms with Crippen molar-refractivity contribution >= 4 is 6.03 Å². The van der Waals surface area contributed by atoms with Crippen LogP contribution < -0.4 is 5.32 Å². The molecule has 1 aliphatic heterocycles. The van der Waals surface area contributed by atoms with Gasteiger partial charge >= 0.3 is 6.03 Å². The highest BCUT2D eigenvalue weighted by Crippen LogP contribution is 2.15. The highest BCUT2D eigenvalue weighted by atomic mass is 16.2. The molecule has 1 N–H and O–H groups in total. The lowest BCUT2D eigenvalue weighted by Crippen LogP contribution is -2.44. The molecule has 0 aromatic carbocycles. The molecule has 0 spiro atoms. The Balaban J connectivity index is 0.00000106. The number of amides is 2. The average Bonchev–Trinajstić information content (AvgIpc) is 2.29. The number of carbonyl (C=O) groups is 1. The molecule has 0 radical (unpaired) electrons. The van der Waals surface area contributed by atoms with Crippen LogP contribution in [0.15, 0.2) is 36.1 Å². The maximum Gasteiger partial charge on any atom is 0.321 e. The Hall–Kier alpha value is -1.51. The molecule has 3 heteroatoms. The van der Waals surface area contributed by atoms with Gasteiger partial charge in [-0.05, 0) is 18.1 Å². The third-order valence-electron chi connectivity index (χ3n) is 2.08. The number of urea groups is 1. The molecule has 0 aromatic heterocycles. The molecule has 0 aromatic rings. The van der Waals surface area contributed by atoms with Gasteiger partial charge in [-0.3, -0.25) is 0 Å². The number of rotatable bonds is 2. The number of hydrogen-bond acceptors (Lipinski definition) is 1. The zero-order valence-electron chi connectivity index (χ0n) is 10.7. The van der Waals surface area contributed by atoms with Gasteiger partial charge in [-0.2, -0.15) is 0 Å². The third-order valence-corrected chi connectivity index (χ3v) is 2.08. The van der Waals surface area contributed by atoms with Gasteiger partial charge < -0.3 is 10.2 Å². The van der Waals surface area contributed by atoms with Gasteiger partial charge in [0.25, 0.3) is 0 Å². The normalized spacial score (nSPS) is 20.2. The second-order valence-corrected chi connectivity index (χ2v) is 3.24. The monoisotopic (exact) mass is 222 g/mol. The molecule has 0 aliphatic carbocycles. The van der Waals surface area contributed by atoms with Crippen LogP contribution in [-0.2, 0) is 0 Å². The van der Waals surface area contributed by atoms with Crippen molar-refractivity contribution in [3.8, 4) is 0 Å². The number of nitrogens with zero attached hydrogens (tertiary/aromatic N) is 1. The van der Waals surface area contributed by atoms with E-state index in [2.05, 4.69) is 24.9 Å². The van der Waals surface area contributed by atoms with E-state index in [1.807, 2.05) is 19.9 Å². The molecule has 0 saturated carbocycles. The van der Waals surface area contributed by atoms with Crippen molar-refractivity contribution < 1.29 is 4.79 Å². The van der Waals surface area contributed by atoms with E-state index in [9.17, 15) is 4.79 Å². The van der Waals surface area contributed by atoms with E-state index in [0.29, 0.717) is 6.54 Å². The van der Waals surface area contributed by atoms with Gasteiger partial charge in [-0.25, -0.2) is 4.79 Å². The topological polar surface area (TPSA) is 32.3 Å². The van der Waals surface area contributed by atoms with Crippen LogP contribution >= 0.6 is 0 Å². The predicted octanol–water partition coefficient (Wildman–Crippen LogP) is 3.07. The number of hydrogen-bond donors (Lipinski definition) is 1. The zero-order valence-corrected chi connectivity index (χ0v) is 10.7. The lowest BCUT2D eigenvalue weighted by Gasteiger charge is -2.27. The van der Waals surface area contributed by atoms with E-state index in [1.165, 1.54) is 0 Å². The maximum absolute atomic E-state index is 11.3. The largest absolute Gasteiger partial charge is 0.323 e. The summed E-state index contributed by atoms with van der Waals surface area (Å²) >= 11 is 0. The van der Waals surface area contributed by atoms with E-state index in [1.54, 1.807) is 18.0 Å². The Morgan fingerprint density at radius 3 is 2.62 bits per heavy atom. The van der Waals surface area contributed by atoms with Crippen molar-refractivity contribution in [2.45, 2.75) is 27.2 Å². The van der Waals surface area contributed by atoms with Crippen LogP contribution in [-0.4, -0.2) is 24.5 Å². The molecule has 16 heavy (non-hydrogen) atoms. The molecule has 0 atom stereocenters. The molecule has 1 heterocycles. The standard InChI is InChI=1S/C11H16N2O.C2H6/c1-4-6-9-8-13(3)11(14)12-10(9)7-5-2;1-2/h5-7H,2,4,8H2,1,3H3,(H,12,14);1-2H3/b9-6-,10-7+;. The van der Waals surface area contributed by atoms with Gasteiger partial charge in [0, 0.05) is 19.3 Å². The molecule has 1 saturated heterocycles. The van der Waals surface area contributed by atoms with E-state index in [-0.39, 0.29) is 6.03 Å². The van der Waals surface area contributed by atoms with Crippen LogP contribution in [0.2, 0.25) is 0 Å². The lowest BCUT2D eigenvalue weighted by molar-refractivity contribution is 0.211. The van der Waals surface area contributed by atoms with Gasteiger partial charge in [0.05, 0.1) is 0 Å². The van der Waals surface area contributed by atoms with Crippen molar-refractivity contribution in [2.24, 2.45) is 0 Å². The van der Waals surface area contributed by atoms with E-state index < -0.39 is 0 Å². The van der Waals surface area contributed by atoms with Crippen molar-refractivity contribution in [3.63, 3.8) is 0 Å². The summed E-state index contributed by atoms with van der Waals surface area (Å²) in [6, 6.07) is -0.0636. The number of allylic oxidation sites excluding steroid dienone is 3. The Morgan fingerprint density at radius 1 is 1.50 bits per heavy atom. The van der Waals surface area contributed by atoms with Crippen molar-refractivity contribution in [3.05, 3.63) is 36.1 Å². The van der Waals surface area contributed by atoms with Crippen molar-refractivity contribution in [1.29, 1.82) is 0 Å². The van der Waals surface area contributed by atoms with Crippen LogP contribution in [0.5, 0.6) is 0 Å². The van der Waals surface area contributed by atoms with E-state index in [0.717, 1.165) is 17.7 Å². The second-order valence-electron chi connectivity index (χ2n) is 3.24. The first kappa shape index (κ1) is 14.5. The SMILES string of the molecule is C=C/C=C1/NC(=O)N(C)C/C1=C/CC.CC. The first-order valence-corrected chi connectivity index (χ1v) is 5.73. The molecule has 90 valence electrons. The molecule has 1 fully saturated rings. The fraction of sp³-hybridized carbons (Fsp3) is 0.462. The second kappa shape index (κ2) is 7.74. The van der Waals surface area contributed by atoms with Crippen LogP contribution in [0.4, 0.5) is 4.79 Å². The third kappa shape index (κ3) is 3.93. The quantitative estimate of drug-likeness (QED) is 0.765. The van der Waals surface area contributed by atoms with E-state index >= 15 is 0 Å². The highest BCUT2D eigenvalue weighted by Gasteiger charge is 2.20. The molecule has 2 amide bonds. The van der Waals surface area contributed by atoms with Gasteiger partial charge in [0.2, 0.25) is 0 Å². The smallest absolute Gasteiger partial charge is 0.321 e. The number of carbonyl (C=O) groups excluding carboxylic acids is 1. The minimum atomic E-state index is -0.0636. The minimum absolute atomic E-state index is 0.0636. The van der Waals surface area contributed by atoms with Gasteiger partial charge in [0.15, 0.2) is 0 Å². The average molecular weight is 222 g/mol. The Kier molecular flexibility index (Phi) is 7.01. The zero-order chi connectivity index (χ0) is 12.6. The van der Waals surface area contributed by atoms with Gasteiger partial charge in [0.1, 0.15) is 0 Å². The summed E-state index contributed by atoms with van der Waals surface area (Å²) in [4.78, 5) is 13.0. The van der Waals surface area contributed by atoms with Crippen LogP contribution in [0, 0.1) is 0 Å². The van der Waals surface area contributed by atoms with Gasteiger partial charge in [-0.1, -0.05) is 39.5 Å². The van der Waals surface area contributed by atoms with Crippen LogP contribution in [0.25, 0.3) is 0 Å². The summed E-state index contributed by atoms with van der Waals surface area (Å²) < 4.78 is 0. The minimum Gasteiger partial charge on any atom is -0.323 e. The molecular weight excluding hydrogens is 200 g/mol. The fourth-order valence-electron chi connectivity index (χ4n) is 1.39. The molecule has 1 aliphatic rings. The van der Waals surface area contributed by atoms with Crippen molar-refractivity contribution in [2.75, 3.05) is 13.6 Å². The fourth-order valence-corrected chi connectivity index (χ4v) is 1.39.